The number of nitrogens with one attached hydrogen (secondary N) is 2. The minimum absolute atomic E-state index is 0.208. The van der Waals surface area contributed by atoms with Crippen LogP contribution in [0.2, 0.25) is 0 Å². The number of anilines is 1. The fourth-order valence-electron chi connectivity index (χ4n) is 2.71. The van der Waals surface area contributed by atoms with E-state index in [1.54, 1.807) is 24.3 Å². The van der Waals surface area contributed by atoms with Crippen molar-refractivity contribution in [2.45, 2.75) is 13.8 Å². The van der Waals surface area contributed by atoms with E-state index in [0.717, 1.165) is 22.2 Å². The summed E-state index contributed by atoms with van der Waals surface area (Å²) in [6.07, 6.45) is 0. The molecule has 3 rings (SSSR count). The van der Waals surface area contributed by atoms with Crippen LogP contribution in [0.5, 0.6) is 0 Å². The highest BCUT2D eigenvalue weighted by molar-refractivity contribution is 6.15. The second kappa shape index (κ2) is 5.38. The van der Waals surface area contributed by atoms with Crippen LogP contribution in [-0.4, -0.2) is 10.9 Å². The second-order valence-corrected chi connectivity index (χ2v) is 5.23. The molecule has 1 aromatic heterocycles. The van der Waals surface area contributed by atoms with Gasteiger partial charge in [-0.15, -0.1) is 0 Å². The van der Waals surface area contributed by atoms with Crippen molar-refractivity contribution in [2.24, 2.45) is 0 Å². The third kappa shape index (κ3) is 2.23. The zero-order chi connectivity index (χ0) is 15.7. The summed E-state index contributed by atoms with van der Waals surface area (Å²) in [5.74, 6) is -0.208. The summed E-state index contributed by atoms with van der Waals surface area (Å²) in [5.41, 5.74) is 4.40. The van der Waals surface area contributed by atoms with Gasteiger partial charge in [0.1, 0.15) is 6.07 Å². The molecule has 2 N–H and O–H groups in total. The Balaban J connectivity index is 2.07. The minimum atomic E-state index is -0.208. The van der Waals surface area contributed by atoms with Crippen LogP contribution in [0, 0.1) is 25.2 Å². The number of amides is 1. The maximum atomic E-state index is 12.7. The Kier molecular flexibility index (Phi) is 3.40. The van der Waals surface area contributed by atoms with Crippen molar-refractivity contribution in [2.75, 3.05) is 5.32 Å². The molecule has 1 heterocycles. The maximum absolute atomic E-state index is 12.7. The van der Waals surface area contributed by atoms with Crippen molar-refractivity contribution in [3.63, 3.8) is 0 Å². The molecule has 22 heavy (non-hydrogen) atoms. The summed E-state index contributed by atoms with van der Waals surface area (Å²) < 4.78 is 0. The van der Waals surface area contributed by atoms with Crippen LogP contribution >= 0.6 is 0 Å². The molecule has 0 atom stereocenters. The van der Waals surface area contributed by atoms with Gasteiger partial charge >= 0.3 is 0 Å². The SMILES string of the molecule is Cc1[nH]c2cccc(C)c2c1C(=O)Nc1ccccc1C#N. The van der Waals surface area contributed by atoms with E-state index in [9.17, 15) is 4.79 Å². The molecular weight excluding hydrogens is 274 g/mol. The molecule has 0 radical (unpaired) electrons. The van der Waals surface area contributed by atoms with Crippen molar-refractivity contribution in [3.8, 4) is 6.07 Å². The number of carbonyl (C=O) groups excluding carboxylic acids is 1. The Labute approximate surface area is 128 Å². The Morgan fingerprint density at radius 1 is 1.14 bits per heavy atom. The monoisotopic (exact) mass is 289 g/mol. The topological polar surface area (TPSA) is 68.7 Å². The smallest absolute Gasteiger partial charge is 0.258 e. The van der Waals surface area contributed by atoms with Crippen LogP contribution in [-0.2, 0) is 0 Å². The Bertz CT molecular complexity index is 916. The number of fused-ring (bicyclic) bond motifs is 1. The molecule has 1 amide bonds. The highest BCUT2D eigenvalue weighted by Gasteiger charge is 2.18. The van der Waals surface area contributed by atoms with Crippen LogP contribution in [0.15, 0.2) is 42.5 Å². The van der Waals surface area contributed by atoms with E-state index in [2.05, 4.69) is 16.4 Å². The number of aromatic nitrogens is 1. The summed E-state index contributed by atoms with van der Waals surface area (Å²) in [6.45, 7) is 3.86. The first-order valence-corrected chi connectivity index (χ1v) is 7.00. The van der Waals surface area contributed by atoms with E-state index in [-0.39, 0.29) is 5.91 Å². The lowest BCUT2D eigenvalue weighted by molar-refractivity contribution is 0.102. The number of hydrogen-bond donors (Lipinski definition) is 2. The molecular formula is C18H15N3O. The predicted molar refractivity (Wildman–Crippen MR) is 86.9 cm³/mol. The highest BCUT2D eigenvalue weighted by Crippen LogP contribution is 2.26. The maximum Gasteiger partial charge on any atom is 0.258 e. The van der Waals surface area contributed by atoms with Gasteiger partial charge < -0.3 is 10.3 Å². The lowest BCUT2D eigenvalue weighted by Crippen LogP contribution is -2.13. The third-order valence-electron chi connectivity index (χ3n) is 3.74. The molecule has 108 valence electrons. The number of nitrogens with zero attached hydrogens (tertiary/aromatic N) is 1. The molecule has 0 aliphatic heterocycles. The number of H-pyrrole nitrogens is 1. The summed E-state index contributed by atoms with van der Waals surface area (Å²) in [5, 5.41) is 12.9. The molecule has 0 spiro atoms. The second-order valence-electron chi connectivity index (χ2n) is 5.23. The summed E-state index contributed by atoms with van der Waals surface area (Å²) in [6, 6.07) is 15.0. The van der Waals surface area contributed by atoms with Gasteiger partial charge in [-0.05, 0) is 37.6 Å². The van der Waals surface area contributed by atoms with Crippen LogP contribution in [0.3, 0.4) is 0 Å². The first-order valence-electron chi connectivity index (χ1n) is 7.00. The normalized spacial score (nSPS) is 10.4. The molecule has 4 heteroatoms. The van der Waals surface area contributed by atoms with Gasteiger partial charge in [-0.1, -0.05) is 24.3 Å². The molecule has 4 nitrogen and oxygen atoms in total. The van der Waals surface area contributed by atoms with Crippen LogP contribution < -0.4 is 5.32 Å². The number of rotatable bonds is 2. The van der Waals surface area contributed by atoms with Gasteiger partial charge in [0.05, 0.1) is 16.8 Å². The van der Waals surface area contributed by atoms with Gasteiger partial charge in [-0.3, -0.25) is 4.79 Å². The Morgan fingerprint density at radius 3 is 2.68 bits per heavy atom. The van der Waals surface area contributed by atoms with Gasteiger partial charge in [-0.25, -0.2) is 0 Å². The van der Waals surface area contributed by atoms with E-state index in [1.165, 1.54) is 0 Å². The summed E-state index contributed by atoms with van der Waals surface area (Å²) in [4.78, 5) is 15.9. The molecule has 0 saturated carbocycles. The van der Waals surface area contributed by atoms with Crippen LogP contribution in [0.1, 0.15) is 27.2 Å². The lowest BCUT2D eigenvalue weighted by atomic mass is 10.0. The molecule has 0 fully saturated rings. The van der Waals surface area contributed by atoms with E-state index in [0.29, 0.717) is 16.8 Å². The number of nitriles is 1. The first-order chi connectivity index (χ1) is 10.6. The van der Waals surface area contributed by atoms with Gasteiger partial charge in [0, 0.05) is 16.6 Å². The fraction of sp³-hybridized carbons (Fsp3) is 0.111. The van der Waals surface area contributed by atoms with Crippen molar-refractivity contribution < 1.29 is 4.79 Å². The zero-order valence-electron chi connectivity index (χ0n) is 12.4. The Morgan fingerprint density at radius 2 is 1.91 bits per heavy atom. The van der Waals surface area contributed by atoms with E-state index in [1.807, 2.05) is 32.0 Å². The highest BCUT2D eigenvalue weighted by atomic mass is 16.1. The molecule has 0 saturated heterocycles. The quantitative estimate of drug-likeness (QED) is 0.751. The van der Waals surface area contributed by atoms with E-state index >= 15 is 0 Å². The van der Waals surface area contributed by atoms with Gasteiger partial charge in [0.2, 0.25) is 0 Å². The fourth-order valence-corrected chi connectivity index (χ4v) is 2.71. The molecule has 0 bridgehead atoms. The average Bonchev–Trinajstić information content (AvgIpc) is 2.85. The molecule has 3 aromatic rings. The van der Waals surface area contributed by atoms with Gasteiger partial charge in [0.15, 0.2) is 0 Å². The van der Waals surface area contributed by atoms with Gasteiger partial charge in [0.25, 0.3) is 5.91 Å². The third-order valence-corrected chi connectivity index (χ3v) is 3.74. The number of benzene rings is 2. The molecule has 0 aliphatic carbocycles. The van der Waals surface area contributed by atoms with Crippen molar-refractivity contribution >= 4 is 22.5 Å². The zero-order valence-corrected chi connectivity index (χ0v) is 12.4. The first kappa shape index (κ1) is 13.9. The summed E-state index contributed by atoms with van der Waals surface area (Å²) >= 11 is 0. The number of aromatic amines is 1. The largest absolute Gasteiger partial charge is 0.358 e. The number of para-hydroxylation sites is 1. The van der Waals surface area contributed by atoms with E-state index in [4.69, 9.17) is 5.26 Å². The average molecular weight is 289 g/mol. The van der Waals surface area contributed by atoms with E-state index < -0.39 is 0 Å². The number of hydrogen-bond acceptors (Lipinski definition) is 2. The lowest BCUT2D eigenvalue weighted by Gasteiger charge is -2.08. The number of carbonyl (C=O) groups is 1. The number of aryl methyl sites for hydroxylation is 2. The van der Waals surface area contributed by atoms with Gasteiger partial charge in [-0.2, -0.15) is 5.26 Å². The minimum Gasteiger partial charge on any atom is -0.358 e. The van der Waals surface area contributed by atoms with Crippen molar-refractivity contribution in [1.82, 2.24) is 4.98 Å². The summed E-state index contributed by atoms with van der Waals surface area (Å²) in [7, 11) is 0. The predicted octanol–water partition coefficient (Wildman–Crippen LogP) is 3.91. The van der Waals surface area contributed by atoms with Crippen molar-refractivity contribution in [1.29, 1.82) is 5.26 Å². The molecule has 0 unspecified atom stereocenters. The molecule has 2 aromatic carbocycles. The van der Waals surface area contributed by atoms with Crippen molar-refractivity contribution in [3.05, 3.63) is 64.8 Å². The van der Waals surface area contributed by atoms with Crippen LogP contribution in [0.4, 0.5) is 5.69 Å². The molecule has 0 aliphatic rings. The standard InChI is InChI=1S/C18H15N3O/c1-11-6-5-9-15-16(11)17(12(2)20-15)18(22)21-14-8-4-3-7-13(14)10-19/h3-9,20H,1-2H3,(H,21,22). The Hall–Kier alpha value is -3.06. The van der Waals surface area contributed by atoms with Crippen LogP contribution in [0.25, 0.3) is 10.9 Å².